The Morgan fingerprint density at radius 3 is 2.85 bits per heavy atom. The number of carbonyl (C=O) groups is 1. The number of anilines is 5. The van der Waals surface area contributed by atoms with Gasteiger partial charge in [0, 0.05) is 17.4 Å². The number of hydrogen-bond acceptors (Lipinski definition) is 5. The molecular formula is C20H13N5OS. The van der Waals surface area contributed by atoms with Gasteiger partial charge in [0.25, 0.3) is 5.91 Å². The van der Waals surface area contributed by atoms with Crippen LogP contribution in [-0.2, 0) is 0 Å². The minimum absolute atomic E-state index is 0.147. The second kappa shape index (κ2) is 5.90. The number of carbonyl (C=O) groups excluding carboxylic acids is 1. The summed E-state index contributed by atoms with van der Waals surface area (Å²) < 4.78 is 2.00. The van der Waals surface area contributed by atoms with Crippen molar-refractivity contribution in [2.45, 2.75) is 0 Å². The Hall–Kier alpha value is -3.76. The average Bonchev–Trinajstić information content (AvgIpc) is 3.34. The number of nitriles is 1. The highest BCUT2D eigenvalue weighted by Crippen LogP contribution is 2.45. The summed E-state index contributed by atoms with van der Waals surface area (Å²) in [6.07, 6.45) is 4.20. The van der Waals surface area contributed by atoms with E-state index in [0.29, 0.717) is 10.6 Å². The van der Waals surface area contributed by atoms with Gasteiger partial charge in [-0.25, -0.2) is 4.90 Å². The molecule has 4 heterocycles. The lowest BCUT2D eigenvalue weighted by atomic mass is 10.1. The number of benzene rings is 1. The molecule has 0 saturated carbocycles. The Kier molecular flexibility index (Phi) is 3.38. The number of aromatic nitrogens is 1. The van der Waals surface area contributed by atoms with Gasteiger partial charge in [-0.05, 0) is 47.8 Å². The van der Waals surface area contributed by atoms with Crippen molar-refractivity contribution in [2.75, 3.05) is 15.5 Å². The number of pyridine rings is 1. The van der Waals surface area contributed by atoms with E-state index in [1.54, 1.807) is 17.0 Å². The SMILES string of the molecule is N#CN1c2ccc(NC(=O)c3cccs3)cc2Nc2c1cc1ccccn21. The molecule has 130 valence electrons. The van der Waals surface area contributed by atoms with Crippen LogP contribution in [0.3, 0.4) is 0 Å². The molecule has 6 nitrogen and oxygen atoms in total. The Morgan fingerprint density at radius 2 is 2.04 bits per heavy atom. The highest BCUT2D eigenvalue weighted by atomic mass is 32.1. The molecule has 0 atom stereocenters. The molecule has 7 heteroatoms. The van der Waals surface area contributed by atoms with Crippen LogP contribution in [0.15, 0.2) is 66.2 Å². The van der Waals surface area contributed by atoms with E-state index in [0.717, 1.165) is 28.4 Å². The summed E-state index contributed by atoms with van der Waals surface area (Å²) in [4.78, 5) is 14.6. The van der Waals surface area contributed by atoms with Gasteiger partial charge in [-0.2, -0.15) is 5.26 Å². The highest BCUT2D eigenvalue weighted by Gasteiger charge is 2.26. The molecule has 1 amide bonds. The van der Waals surface area contributed by atoms with Gasteiger partial charge in [-0.15, -0.1) is 11.3 Å². The molecule has 0 bridgehead atoms. The summed E-state index contributed by atoms with van der Waals surface area (Å²) in [7, 11) is 0. The normalized spacial score (nSPS) is 12.0. The summed E-state index contributed by atoms with van der Waals surface area (Å²) >= 11 is 1.39. The van der Waals surface area contributed by atoms with E-state index in [4.69, 9.17) is 0 Å². The molecule has 1 aliphatic rings. The molecule has 4 aromatic rings. The number of amides is 1. The molecule has 27 heavy (non-hydrogen) atoms. The quantitative estimate of drug-likeness (QED) is 0.490. The van der Waals surface area contributed by atoms with Gasteiger partial charge in [0.2, 0.25) is 0 Å². The molecule has 0 unspecified atom stereocenters. The molecule has 3 aromatic heterocycles. The van der Waals surface area contributed by atoms with Gasteiger partial charge in [0.05, 0.1) is 21.9 Å². The smallest absolute Gasteiger partial charge is 0.265 e. The van der Waals surface area contributed by atoms with Crippen LogP contribution in [0, 0.1) is 11.5 Å². The second-order valence-electron chi connectivity index (χ2n) is 6.10. The molecule has 0 saturated heterocycles. The number of hydrogen-bond donors (Lipinski definition) is 2. The van der Waals surface area contributed by atoms with Crippen molar-refractivity contribution in [3.05, 3.63) is 71.1 Å². The van der Waals surface area contributed by atoms with Gasteiger partial charge >= 0.3 is 0 Å². The third-order valence-corrected chi connectivity index (χ3v) is 5.36. The van der Waals surface area contributed by atoms with E-state index in [-0.39, 0.29) is 5.91 Å². The maximum Gasteiger partial charge on any atom is 0.265 e. The molecule has 0 radical (unpaired) electrons. The van der Waals surface area contributed by atoms with Crippen LogP contribution in [0.4, 0.5) is 28.6 Å². The minimum Gasteiger partial charge on any atom is -0.338 e. The third kappa shape index (κ3) is 2.43. The topological polar surface area (TPSA) is 72.6 Å². The molecule has 0 spiro atoms. The average molecular weight is 371 g/mol. The second-order valence-corrected chi connectivity index (χ2v) is 7.05. The molecule has 0 fully saturated rings. The highest BCUT2D eigenvalue weighted by molar-refractivity contribution is 7.12. The fourth-order valence-corrected chi connectivity index (χ4v) is 3.90. The summed E-state index contributed by atoms with van der Waals surface area (Å²) in [5.74, 6) is 0.674. The van der Waals surface area contributed by atoms with Crippen molar-refractivity contribution in [1.82, 2.24) is 4.40 Å². The summed E-state index contributed by atoms with van der Waals surface area (Å²) in [6.45, 7) is 0. The number of thiophene rings is 1. The van der Waals surface area contributed by atoms with E-state index < -0.39 is 0 Å². The predicted octanol–water partition coefficient (Wildman–Crippen LogP) is 4.93. The Balaban J connectivity index is 1.55. The zero-order chi connectivity index (χ0) is 18.4. The van der Waals surface area contributed by atoms with Gasteiger partial charge in [0.15, 0.2) is 6.19 Å². The fourth-order valence-electron chi connectivity index (χ4n) is 3.28. The zero-order valence-corrected chi connectivity index (χ0v) is 14.8. The van der Waals surface area contributed by atoms with Gasteiger partial charge in [-0.1, -0.05) is 12.1 Å². The van der Waals surface area contributed by atoms with E-state index in [1.807, 2.05) is 58.4 Å². The largest absolute Gasteiger partial charge is 0.338 e. The van der Waals surface area contributed by atoms with Crippen molar-refractivity contribution in [1.29, 1.82) is 5.26 Å². The van der Waals surface area contributed by atoms with Crippen molar-refractivity contribution in [2.24, 2.45) is 0 Å². The van der Waals surface area contributed by atoms with Crippen LogP contribution in [0.2, 0.25) is 0 Å². The first-order valence-electron chi connectivity index (χ1n) is 8.30. The van der Waals surface area contributed by atoms with Gasteiger partial charge in [0.1, 0.15) is 5.82 Å². The fraction of sp³-hybridized carbons (Fsp3) is 0. The van der Waals surface area contributed by atoms with Crippen molar-refractivity contribution >= 4 is 51.3 Å². The Bertz CT molecular complexity index is 1220. The van der Waals surface area contributed by atoms with E-state index in [1.165, 1.54) is 11.3 Å². The first kappa shape index (κ1) is 15.5. The van der Waals surface area contributed by atoms with Crippen LogP contribution in [0.1, 0.15) is 9.67 Å². The maximum atomic E-state index is 12.3. The molecule has 1 aliphatic heterocycles. The maximum absolute atomic E-state index is 12.3. The Labute approximate surface area is 158 Å². The molecule has 0 aliphatic carbocycles. The third-order valence-electron chi connectivity index (χ3n) is 4.49. The lowest BCUT2D eigenvalue weighted by Gasteiger charge is -2.26. The number of nitrogens with zero attached hydrogens (tertiary/aromatic N) is 3. The lowest BCUT2D eigenvalue weighted by Crippen LogP contribution is -2.17. The van der Waals surface area contributed by atoms with Gasteiger partial charge in [-0.3, -0.25) is 4.79 Å². The predicted molar refractivity (Wildman–Crippen MR) is 107 cm³/mol. The molecule has 2 N–H and O–H groups in total. The first-order valence-corrected chi connectivity index (χ1v) is 9.18. The zero-order valence-electron chi connectivity index (χ0n) is 14.0. The van der Waals surface area contributed by atoms with Crippen molar-refractivity contribution in [3.8, 4) is 6.19 Å². The summed E-state index contributed by atoms with van der Waals surface area (Å²) in [5, 5.41) is 17.9. The molecule has 5 rings (SSSR count). The van der Waals surface area contributed by atoms with Crippen LogP contribution in [-0.4, -0.2) is 10.3 Å². The van der Waals surface area contributed by atoms with Crippen LogP contribution >= 0.6 is 11.3 Å². The number of rotatable bonds is 2. The van der Waals surface area contributed by atoms with Crippen LogP contribution in [0.25, 0.3) is 5.52 Å². The van der Waals surface area contributed by atoms with Crippen LogP contribution < -0.4 is 15.5 Å². The van der Waals surface area contributed by atoms with E-state index in [9.17, 15) is 10.1 Å². The monoisotopic (exact) mass is 371 g/mol. The Morgan fingerprint density at radius 1 is 1.11 bits per heavy atom. The van der Waals surface area contributed by atoms with E-state index >= 15 is 0 Å². The lowest BCUT2D eigenvalue weighted by molar-refractivity contribution is 0.103. The molecule has 1 aromatic carbocycles. The number of nitrogens with one attached hydrogen (secondary N) is 2. The van der Waals surface area contributed by atoms with Crippen LogP contribution in [0.5, 0.6) is 0 Å². The molecular weight excluding hydrogens is 358 g/mol. The minimum atomic E-state index is -0.147. The summed E-state index contributed by atoms with van der Waals surface area (Å²) in [6, 6.07) is 17.0. The van der Waals surface area contributed by atoms with E-state index in [2.05, 4.69) is 16.8 Å². The van der Waals surface area contributed by atoms with Gasteiger partial charge < -0.3 is 15.0 Å². The van der Waals surface area contributed by atoms with Crippen molar-refractivity contribution in [3.63, 3.8) is 0 Å². The summed E-state index contributed by atoms with van der Waals surface area (Å²) in [5.41, 5.74) is 3.97. The van der Waals surface area contributed by atoms with Crippen molar-refractivity contribution < 1.29 is 4.79 Å². The first-order chi connectivity index (χ1) is 13.2. The number of fused-ring (bicyclic) bond motifs is 4. The standard InChI is InChI=1S/C20H13N5OS/c21-12-25-16-7-6-13(22-20(26)18-5-3-9-27-18)10-15(16)23-19-17(25)11-14-4-1-2-8-24(14)19/h1-11,23H,(H,22,26).